The van der Waals surface area contributed by atoms with E-state index < -0.39 is 0 Å². The smallest absolute Gasteiger partial charge is 0.256 e. The third-order valence-corrected chi connectivity index (χ3v) is 7.14. The number of aromatic nitrogens is 4. The van der Waals surface area contributed by atoms with Gasteiger partial charge in [0.2, 0.25) is 12.5 Å². The van der Waals surface area contributed by atoms with Gasteiger partial charge in [-0.1, -0.05) is 12.1 Å². The first kappa shape index (κ1) is 21.8. The van der Waals surface area contributed by atoms with Crippen molar-refractivity contribution < 1.29 is 19.0 Å². The van der Waals surface area contributed by atoms with E-state index in [4.69, 9.17) is 14.2 Å². The average molecular weight is 477 g/mol. The molecule has 0 bridgehead atoms. The molecule has 0 spiro atoms. The maximum absolute atomic E-state index is 13.5. The van der Waals surface area contributed by atoms with Crippen LogP contribution in [0.1, 0.15) is 52.6 Å². The Hall–Kier alpha value is -3.66. The van der Waals surface area contributed by atoms with Gasteiger partial charge in [-0.05, 0) is 66.9 Å². The molecule has 4 heterocycles. The number of likely N-dealkylation sites (tertiary alicyclic amines) is 1. The number of hydrogen-bond donors (Lipinski definition) is 0. The van der Waals surface area contributed by atoms with E-state index in [1.807, 2.05) is 42.3 Å². The average Bonchev–Trinajstić information content (AvgIpc) is 3.57. The number of amides is 1. The summed E-state index contributed by atoms with van der Waals surface area (Å²) >= 11 is 0. The van der Waals surface area contributed by atoms with Gasteiger partial charge in [0.05, 0.1) is 18.4 Å². The van der Waals surface area contributed by atoms with Gasteiger partial charge in [-0.25, -0.2) is 0 Å². The lowest BCUT2D eigenvalue weighted by Gasteiger charge is -2.35. The van der Waals surface area contributed by atoms with Crippen LogP contribution >= 0.6 is 0 Å². The highest BCUT2D eigenvalue weighted by molar-refractivity contribution is 5.97. The van der Waals surface area contributed by atoms with Crippen molar-refractivity contribution in [2.45, 2.75) is 31.7 Å². The van der Waals surface area contributed by atoms with Gasteiger partial charge in [0.1, 0.15) is 6.04 Å². The number of likely N-dealkylation sites (N-methyl/N-ethyl adjacent to an activating group) is 1. The molecule has 0 N–H and O–H groups in total. The summed E-state index contributed by atoms with van der Waals surface area (Å²) in [6.45, 7) is 2.53. The molecule has 1 atom stereocenters. The Bertz CT molecular complexity index is 1270. The Balaban J connectivity index is 1.47. The summed E-state index contributed by atoms with van der Waals surface area (Å²) in [7, 11) is 3.68. The molecule has 3 aliphatic rings. The summed E-state index contributed by atoms with van der Waals surface area (Å²) < 4.78 is 18.9. The van der Waals surface area contributed by atoms with E-state index in [2.05, 4.69) is 20.4 Å². The molecule has 1 fully saturated rings. The molecular formula is C25H28N6O4. The van der Waals surface area contributed by atoms with E-state index in [1.54, 1.807) is 11.8 Å². The van der Waals surface area contributed by atoms with Gasteiger partial charge in [-0.2, -0.15) is 4.68 Å². The van der Waals surface area contributed by atoms with Crippen molar-refractivity contribution in [1.29, 1.82) is 0 Å². The van der Waals surface area contributed by atoms with E-state index in [0.29, 0.717) is 34.3 Å². The Morgan fingerprint density at radius 2 is 1.94 bits per heavy atom. The number of carbonyl (C=O) groups is 1. The summed E-state index contributed by atoms with van der Waals surface area (Å²) in [5, 5.41) is 12.8. The zero-order valence-corrected chi connectivity index (χ0v) is 19.9. The molecule has 0 radical (unpaired) electrons. The zero-order valence-electron chi connectivity index (χ0n) is 19.9. The Morgan fingerprint density at radius 3 is 2.77 bits per heavy atom. The van der Waals surface area contributed by atoms with Crippen LogP contribution in [-0.2, 0) is 6.42 Å². The number of nitrogens with zero attached hydrogens (tertiary/aromatic N) is 6. The van der Waals surface area contributed by atoms with Crippen LogP contribution in [0.3, 0.4) is 0 Å². The summed E-state index contributed by atoms with van der Waals surface area (Å²) in [4.78, 5) is 17.6. The minimum atomic E-state index is -0.295. The molecule has 6 rings (SSSR count). The molecule has 1 aromatic heterocycles. The second kappa shape index (κ2) is 8.84. The van der Waals surface area contributed by atoms with Crippen molar-refractivity contribution in [1.82, 2.24) is 30.0 Å². The lowest BCUT2D eigenvalue weighted by atomic mass is 9.90. The van der Waals surface area contributed by atoms with Crippen molar-refractivity contribution in [3.05, 3.63) is 52.8 Å². The maximum atomic E-state index is 13.5. The van der Waals surface area contributed by atoms with E-state index in [-0.39, 0.29) is 18.7 Å². The minimum Gasteiger partial charge on any atom is -0.492 e. The van der Waals surface area contributed by atoms with Crippen LogP contribution in [0.5, 0.6) is 17.2 Å². The predicted molar refractivity (Wildman–Crippen MR) is 126 cm³/mol. The number of tetrazole rings is 1. The molecule has 0 saturated carbocycles. The number of rotatable bonds is 4. The van der Waals surface area contributed by atoms with E-state index in [9.17, 15) is 4.79 Å². The van der Waals surface area contributed by atoms with Gasteiger partial charge < -0.3 is 19.1 Å². The zero-order chi connectivity index (χ0) is 23.9. The van der Waals surface area contributed by atoms with Gasteiger partial charge in [0.15, 0.2) is 17.3 Å². The van der Waals surface area contributed by atoms with Crippen LogP contribution in [0.2, 0.25) is 0 Å². The van der Waals surface area contributed by atoms with E-state index in [0.717, 1.165) is 56.4 Å². The molecule has 3 aromatic rings. The van der Waals surface area contributed by atoms with Crippen LogP contribution in [0.15, 0.2) is 30.3 Å². The molecule has 10 nitrogen and oxygen atoms in total. The fourth-order valence-electron chi connectivity index (χ4n) is 5.40. The van der Waals surface area contributed by atoms with E-state index in [1.165, 1.54) is 0 Å². The fourth-order valence-corrected chi connectivity index (χ4v) is 5.40. The SMILES string of the molecule is COc1c2c(cc3c1C(c1nnnn1-c1ccccc1C(=O)N1CCCCC1)N(C)CC3)OCO2. The first-order chi connectivity index (χ1) is 17.2. The van der Waals surface area contributed by atoms with Crippen molar-refractivity contribution >= 4 is 5.91 Å². The third-order valence-electron chi connectivity index (χ3n) is 7.14. The summed E-state index contributed by atoms with van der Waals surface area (Å²) in [6.07, 6.45) is 4.06. The fraction of sp³-hybridized carbons (Fsp3) is 0.440. The van der Waals surface area contributed by atoms with Gasteiger partial charge in [0, 0.05) is 25.2 Å². The van der Waals surface area contributed by atoms with Gasteiger partial charge in [-0.3, -0.25) is 9.69 Å². The number of piperidine rings is 1. The molecule has 0 aliphatic carbocycles. The Morgan fingerprint density at radius 1 is 1.11 bits per heavy atom. The number of fused-ring (bicyclic) bond motifs is 2. The first-order valence-electron chi connectivity index (χ1n) is 12.0. The van der Waals surface area contributed by atoms with Gasteiger partial charge in [-0.15, -0.1) is 5.10 Å². The molecule has 35 heavy (non-hydrogen) atoms. The number of benzene rings is 2. The number of hydrogen-bond acceptors (Lipinski definition) is 8. The molecule has 182 valence electrons. The molecule has 1 unspecified atom stereocenters. The molecule has 3 aliphatic heterocycles. The standard InChI is InChI=1S/C25H28N6O4/c1-29-13-10-16-14-19-22(35-15-34-19)23(33-2)20(16)21(29)24-26-27-28-31(24)18-9-5-4-8-17(18)25(32)30-11-6-3-7-12-30/h4-5,8-9,14,21H,3,6-7,10-13,15H2,1-2H3. The molecule has 1 saturated heterocycles. The number of carbonyl (C=O) groups excluding carboxylic acids is 1. The summed E-state index contributed by atoms with van der Waals surface area (Å²) in [5.74, 6) is 2.57. The lowest BCUT2D eigenvalue weighted by molar-refractivity contribution is 0.0724. The minimum absolute atomic E-state index is 0.0140. The number of para-hydroxylation sites is 1. The normalized spacial score (nSPS) is 19.5. The topological polar surface area (TPSA) is 94.8 Å². The number of methoxy groups -OCH3 is 1. The van der Waals surface area contributed by atoms with Crippen molar-refractivity contribution in [2.24, 2.45) is 0 Å². The van der Waals surface area contributed by atoms with Gasteiger partial charge >= 0.3 is 0 Å². The quantitative estimate of drug-likeness (QED) is 0.567. The van der Waals surface area contributed by atoms with Crippen molar-refractivity contribution in [2.75, 3.05) is 40.6 Å². The molecule has 1 amide bonds. The summed E-state index contributed by atoms with van der Waals surface area (Å²) in [5.41, 5.74) is 3.34. The first-order valence-corrected chi connectivity index (χ1v) is 12.0. The maximum Gasteiger partial charge on any atom is 0.256 e. The van der Waals surface area contributed by atoms with Crippen molar-refractivity contribution in [3.8, 4) is 22.9 Å². The second-order valence-corrected chi connectivity index (χ2v) is 9.17. The third kappa shape index (κ3) is 3.59. The number of ether oxygens (including phenoxy) is 3. The van der Waals surface area contributed by atoms with Crippen molar-refractivity contribution in [3.63, 3.8) is 0 Å². The molecule has 2 aromatic carbocycles. The predicted octanol–water partition coefficient (Wildman–Crippen LogP) is 2.60. The van der Waals surface area contributed by atoms with Gasteiger partial charge in [0.25, 0.3) is 5.91 Å². The highest BCUT2D eigenvalue weighted by Gasteiger charge is 2.38. The van der Waals surface area contributed by atoms with Crippen LogP contribution in [0.25, 0.3) is 5.69 Å². The second-order valence-electron chi connectivity index (χ2n) is 9.17. The monoisotopic (exact) mass is 476 g/mol. The largest absolute Gasteiger partial charge is 0.492 e. The molecular weight excluding hydrogens is 448 g/mol. The Labute approximate surface area is 203 Å². The van der Waals surface area contributed by atoms with Crippen LogP contribution in [0.4, 0.5) is 0 Å². The Kier molecular flexibility index (Phi) is 5.52. The lowest BCUT2D eigenvalue weighted by Crippen LogP contribution is -2.37. The highest BCUT2D eigenvalue weighted by Crippen LogP contribution is 2.50. The summed E-state index contributed by atoms with van der Waals surface area (Å²) in [6, 6.07) is 9.28. The van der Waals surface area contributed by atoms with E-state index >= 15 is 0 Å². The van der Waals surface area contributed by atoms with Crippen LogP contribution < -0.4 is 14.2 Å². The van der Waals surface area contributed by atoms with Crippen LogP contribution in [0, 0.1) is 0 Å². The highest BCUT2D eigenvalue weighted by atomic mass is 16.7. The molecule has 10 heteroatoms. The van der Waals surface area contributed by atoms with Crippen LogP contribution in [-0.4, -0.2) is 76.5 Å².